The summed E-state index contributed by atoms with van der Waals surface area (Å²) in [6.07, 6.45) is 4.09. The lowest BCUT2D eigenvalue weighted by molar-refractivity contribution is 0.126. The second kappa shape index (κ2) is 8.11. The first kappa shape index (κ1) is 16.8. The summed E-state index contributed by atoms with van der Waals surface area (Å²) in [5.41, 5.74) is 1.36. The number of rotatable bonds is 8. The van der Waals surface area contributed by atoms with Gasteiger partial charge in [-0.1, -0.05) is 31.7 Å². The first-order chi connectivity index (χ1) is 9.47. The van der Waals surface area contributed by atoms with Gasteiger partial charge in [0.25, 0.3) is 0 Å². The number of benzene rings is 1. The Kier molecular flexibility index (Phi) is 6.80. The average molecular weight is 275 g/mol. The van der Waals surface area contributed by atoms with Crippen LogP contribution in [0.25, 0.3) is 6.08 Å². The summed E-state index contributed by atoms with van der Waals surface area (Å²) >= 11 is 0. The molecule has 1 rings (SSSR count). The van der Waals surface area contributed by atoms with E-state index in [4.69, 9.17) is 4.74 Å². The Hall–Kier alpha value is -1.28. The van der Waals surface area contributed by atoms with E-state index in [1.165, 1.54) is 6.42 Å². The predicted octanol–water partition coefficient (Wildman–Crippen LogP) is 4.61. The van der Waals surface area contributed by atoms with E-state index in [1.54, 1.807) is 0 Å². The highest BCUT2D eigenvalue weighted by atomic mass is 16.5. The Morgan fingerprint density at radius 1 is 1.15 bits per heavy atom. The van der Waals surface area contributed by atoms with Crippen LogP contribution in [0.1, 0.15) is 46.1 Å². The zero-order valence-corrected chi connectivity index (χ0v) is 13.5. The quantitative estimate of drug-likeness (QED) is 0.642. The van der Waals surface area contributed by atoms with E-state index in [2.05, 4.69) is 39.2 Å². The summed E-state index contributed by atoms with van der Waals surface area (Å²) in [7, 11) is 0. The van der Waals surface area contributed by atoms with Crippen LogP contribution < -0.4 is 4.74 Å². The van der Waals surface area contributed by atoms with Crippen LogP contribution in [0.2, 0.25) is 0 Å². The molecule has 0 saturated heterocycles. The van der Waals surface area contributed by atoms with E-state index in [1.807, 2.05) is 30.3 Å². The van der Waals surface area contributed by atoms with Gasteiger partial charge in [0.2, 0.25) is 0 Å². The van der Waals surface area contributed by atoms with Gasteiger partial charge in [0.15, 0.2) is 0 Å². The summed E-state index contributed by atoms with van der Waals surface area (Å²) in [6, 6.07) is 8.07. The maximum atomic E-state index is 5.79. The summed E-state index contributed by atoms with van der Waals surface area (Å²) in [5.74, 6) is 0.938. The summed E-state index contributed by atoms with van der Waals surface area (Å²) in [5, 5.41) is 0. The van der Waals surface area contributed by atoms with Gasteiger partial charge < -0.3 is 4.74 Å². The molecule has 2 heteroatoms. The van der Waals surface area contributed by atoms with Gasteiger partial charge in [-0.25, -0.2) is 0 Å². The van der Waals surface area contributed by atoms with Crippen LogP contribution in [0.15, 0.2) is 30.8 Å². The van der Waals surface area contributed by atoms with Crippen molar-refractivity contribution in [3.8, 4) is 5.75 Å². The standard InChI is InChI=1S/C18H29NO/c1-6-13-19(18(3,4)5)14-8-15-20-17-11-9-16(7-2)10-12-17/h7,9-12H,2,6,8,13-15H2,1,3-5H3. The van der Waals surface area contributed by atoms with Gasteiger partial charge >= 0.3 is 0 Å². The van der Waals surface area contributed by atoms with E-state index >= 15 is 0 Å². The molecule has 0 amide bonds. The average Bonchev–Trinajstić information content (AvgIpc) is 2.41. The van der Waals surface area contributed by atoms with Gasteiger partial charge in [0.05, 0.1) is 6.61 Å². The van der Waals surface area contributed by atoms with Gasteiger partial charge in [0, 0.05) is 12.1 Å². The normalized spacial score (nSPS) is 11.7. The number of hydrogen-bond acceptors (Lipinski definition) is 2. The third kappa shape index (κ3) is 5.79. The molecule has 0 aliphatic heterocycles. The van der Waals surface area contributed by atoms with E-state index in [0.29, 0.717) is 0 Å². The van der Waals surface area contributed by atoms with Crippen molar-refractivity contribution in [1.82, 2.24) is 4.90 Å². The van der Waals surface area contributed by atoms with Crippen LogP contribution in [0.4, 0.5) is 0 Å². The molecule has 0 aromatic heterocycles. The fraction of sp³-hybridized carbons (Fsp3) is 0.556. The zero-order valence-electron chi connectivity index (χ0n) is 13.5. The van der Waals surface area contributed by atoms with Crippen molar-refractivity contribution in [2.24, 2.45) is 0 Å². The molecular weight excluding hydrogens is 246 g/mol. The molecular formula is C18H29NO. The van der Waals surface area contributed by atoms with E-state index in [0.717, 1.165) is 37.4 Å². The highest BCUT2D eigenvalue weighted by Gasteiger charge is 2.19. The van der Waals surface area contributed by atoms with Gasteiger partial charge in [0.1, 0.15) is 5.75 Å². The molecule has 1 aromatic carbocycles. The molecule has 0 unspecified atom stereocenters. The summed E-state index contributed by atoms with van der Waals surface area (Å²) in [6.45, 7) is 15.8. The molecule has 1 aromatic rings. The Bertz CT molecular complexity index is 389. The topological polar surface area (TPSA) is 12.5 Å². The first-order valence-electron chi connectivity index (χ1n) is 7.57. The third-order valence-corrected chi connectivity index (χ3v) is 3.40. The molecule has 0 radical (unpaired) electrons. The molecule has 0 aliphatic carbocycles. The molecule has 2 nitrogen and oxygen atoms in total. The van der Waals surface area contributed by atoms with Gasteiger partial charge in [-0.05, 0) is 57.9 Å². The fourth-order valence-electron chi connectivity index (χ4n) is 2.20. The van der Waals surface area contributed by atoms with Crippen LogP contribution >= 0.6 is 0 Å². The monoisotopic (exact) mass is 275 g/mol. The van der Waals surface area contributed by atoms with Crippen molar-refractivity contribution in [3.63, 3.8) is 0 Å². The number of nitrogens with zero attached hydrogens (tertiary/aromatic N) is 1. The Labute approximate surface area is 124 Å². The maximum absolute atomic E-state index is 5.79. The minimum atomic E-state index is 0.238. The summed E-state index contributed by atoms with van der Waals surface area (Å²) in [4.78, 5) is 2.52. The van der Waals surface area contributed by atoms with Crippen LogP contribution in [-0.4, -0.2) is 30.1 Å². The minimum absolute atomic E-state index is 0.238. The van der Waals surface area contributed by atoms with Crippen molar-refractivity contribution >= 4 is 6.08 Å². The number of hydrogen-bond donors (Lipinski definition) is 0. The maximum Gasteiger partial charge on any atom is 0.119 e. The molecule has 0 N–H and O–H groups in total. The lowest BCUT2D eigenvalue weighted by atomic mass is 10.1. The number of ether oxygens (including phenoxy) is 1. The van der Waals surface area contributed by atoms with Crippen LogP contribution in [-0.2, 0) is 0 Å². The molecule has 20 heavy (non-hydrogen) atoms. The third-order valence-electron chi connectivity index (χ3n) is 3.40. The van der Waals surface area contributed by atoms with Gasteiger partial charge in [-0.15, -0.1) is 0 Å². The second-order valence-corrected chi connectivity index (χ2v) is 6.13. The Morgan fingerprint density at radius 2 is 1.80 bits per heavy atom. The molecule has 0 saturated carbocycles. The Morgan fingerprint density at radius 3 is 2.30 bits per heavy atom. The Balaban J connectivity index is 2.34. The van der Waals surface area contributed by atoms with Crippen molar-refractivity contribution in [1.29, 1.82) is 0 Å². The fourth-order valence-corrected chi connectivity index (χ4v) is 2.20. The smallest absolute Gasteiger partial charge is 0.119 e. The lowest BCUT2D eigenvalue weighted by Gasteiger charge is -2.35. The SMILES string of the molecule is C=Cc1ccc(OCCCN(CCC)C(C)(C)C)cc1. The van der Waals surface area contributed by atoms with Crippen molar-refractivity contribution < 1.29 is 4.74 Å². The summed E-state index contributed by atoms with van der Waals surface area (Å²) < 4.78 is 5.79. The van der Waals surface area contributed by atoms with E-state index < -0.39 is 0 Å². The molecule has 0 fully saturated rings. The van der Waals surface area contributed by atoms with Crippen LogP contribution in [0, 0.1) is 0 Å². The van der Waals surface area contributed by atoms with Gasteiger partial charge in [-0.3, -0.25) is 4.90 Å². The van der Waals surface area contributed by atoms with Crippen molar-refractivity contribution in [2.45, 2.75) is 46.1 Å². The largest absolute Gasteiger partial charge is 0.494 e. The molecule has 112 valence electrons. The molecule has 0 heterocycles. The second-order valence-electron chi connectivity index (χ2n) is 6.13. The first-order valence-corrected chi connectivity index (χ1v) is 7.57. The molecule has 0 atom stereocenters. The molecule has 0 bridgehead atoms. The minimum Gasteiger partial charge on any atom is -0.494 e. The molecule has 0 aliphatic rings. The predicted molar refractivity (Wildman–Crippen MR) is 88.3 cm³/mol. The molecule has 0 spiro atoms. The highest BCUT2D eigenvalue weighted by Crippen LogP contribution is 2.15. The van der Waals surface area contributed by atoms with E-state index in [9.17, 15) is 0 Å². The lowest BCUT2D eigenvalue weighted by Crippen LogP contribution is -2.42. The van der Waals surface area contributed by atoms with Gasteiger partial charge in [-0.2, -0.15) is 0 Å². The van der Waals surface area contributed by atoms with Crippen molar-refractivity contribution in [2.75, 3.05) is 19.7 Å². The van der Waals surface area contributed by atoms with Crippen LogP contribution in [0.5, 0.6) is 5.75 Å². The van der Waals surface area contributed by atoms with Crippen molar-refractivity contribution in [3.05, 3.63) is 36.4 Å². The zero-order chi connectivity index (χ0) is 15.0. The van der Waals surface area contributed by atoms with Crippen LogP contribution in [0.3, 0.4) is 0 Å². The highest BCUT2D eigenvalue weighted by molar-refractivity contribution is 5.48. The van der Waals surface area contributed by atoms with E-state index in [-0.39, 0.29) is 5.54 Å².